The van der Waals surface area contributed by atoms with Crippen LogP contribution in [0.2, 0.25) is 0 Å². The highest BCUT2D eigenvalue weighted by atomic mass is 16.5. The van der Waals surface area contributed by atoms with Crippen molar-refractivity contribution in [2.45, 2.75) is 58.4 Å². The van der Waals surface area contributed by atoms with Crippen molar-refractivity contribution in [1.82, 2.24) is 5.32 Å². The van der Waals surface area contributed by atoms with Crippen molar-refractivity contribution in [1.29, 1.82) is 0 Å². The molecule has 0 aliphatic heterocycles. The van der Waals surface area contributed by atoms with E-state index in [0.29, 0.717) is 18.7 Å². The number of benzene rings is 2. The van der Waals surface area contributed by atoms with Gasteiger partial charge in [0.1, 0.15) is 0 Å². The molecule has 0 bridgehead atoms. The molecular formula is C23H31NO3. The smallest absolute Gasteiger partial charge is 0.220 e. The minimum atomic E-state index is 0.0662. The molecule has 0 radical (unpaired) electrons. The SMILES string of the molecule is CCCCCCCCC(=O)NCc1cc(OC)c(O)cc1-c1ccccc1. The zero-order chi connectivity index (χ0) is 19.5. The molecule has 0 spiro atoms. The topological polar surface area (TPSA) is 58.6 Å². The van der Waals surface area contributed by atoms with Crippen molar-refractivity contribution in [3.8, 4) is 22.6 Å². The van der Waals surface area contributed by atoms with Crippen LogP contribution >= 0.6 is 0 Å². The molecule has 0 aliphatic carbocycles. The van der Waals surface area contributed by atoms with Gasteiger partial charge in [0, 0.05) is 13.0 Å². The Morgan fingerprint density at radius 1 is 1.04 bits per heavy atom. The van der Waals surface area contributed by atoms with Crippen LogP contribution in [0.5, 0.6) is 11.5 Å². The van der Waals surface area contributed by atoms with Crippen LogP contribution in [0.25, 0.3) is 11.1 Å². The van der Waals surface area contributed by atoms with E-state index in [1.54, 1.807) is 12.1 Å². The van der Waals surface area contributed by atoms with Gasteiger partial charge in [-0.25, -0.2) is 0 Å². The normalized spacial score (nSPS) is 10.6. The van der Waals surface area contributed by atoms with Gasteiger partial charge in [0.15, 0.2) is 11.5 Å². The first-order valence-corrected chi connectivity index (χ1v) is 9.87. The highest BCUT2D eigenvalue weighted by molar-refractivity contribution is 5.77. The fraction of sp³-hybridized carbons (Fsp3) is 0.435. The molecule has 0 aromatic heterocycles. The molecule has 2 N–H and O–H groups in total. The lowest BCUT2D eigenvalue weighted by atomic mass is 9.98. The molecule has 0 atom stereocenters. The van der Waals surface area contributed by atoms with E-state index in [-0.39, 0.29) is 11.7 Å². The highest BCUT2D eigenvalue weighted by Crippen LogP contribution is 2.35. The molecule has 2 rings (SSSR count). The quantitative estimate of drug-likeness (QED) is 0.519. The summed E-state index contributed by atoms with van der Waals surface area (Å²) in [5, 5.41) is 13.2. The number of carbonyl (C=O) groups excluding carboxylic acids is 1. The first-order valence-electron chi connectivity index (χ1n) is 9.87. The van der Waals surface area contributed by atoms with Crippen LogP contribution in [0, 0.1) is 0 Å². The second-order valence-corrected chi connectivity index (χ2v) is 6.84. The van der Waals surface area contributed by atoms with Crippen LogP contribution in [0.15, 0.2) is 42.5 Å². The molecule has 0 saturated carbocycles. The summed E-state index contributed by atoms with van der Waals surface area (Å²) in [7, 11) is 1.53. The van der Waals surface area contributed by atoms with Gasteiger partial charge >= 0.3 is 0 Å². The predicted octanol–water partition coefficient (Wildman–Crippen LogP) is 5.43. The number of hydrogen-bond acceptors (Lipinski definition) is 3. The van der Waals surface area contributed by atoms with E-state index in [1.807, 2.05) is 30.3 Å². The number of hydrogen-bond donors (Lipinski definition) is 2. The van der Waals surface area contributed by atoms with Crippen LogP contribution in [0.1, 0.15) is 57.4 Å². The summed E-state index contributed by atoms with van der Waals surface area (Å²) in [5.41, 5.74) is 2.82. The number of phenols is 1. The van der Waals surface area contributed by atoms with Crippen LogP contribution < -0.4 is 10.1 Å². The molecule has 0 saturated heterocycles. The molecule has 2 aromatic carbocycles. The van der Waals surface area contributed by atoms with Crippen LogP contribution in [-0.4, -0.2) is 18.1 Å². The van der Waals surface area contributed by atoms with Gasteiger partial charge in [0.25, 0.3) is 0 Å². The van der Waals surface area contributed by atoms with Crippen molar-refractivity contribution in [3.63, 3.8) is 0 Å². The molecule has 2 aromatic rings. The summed E-state index contributed by atoms with van der Waals surface area (Å²) < 4.78 is 5.23. The molecule has 4 nitrogen and oxygen atoms in total. The second-order valence-electron chi connectivity index (χ2n) is 6.84. The van der Waals surface area contributed by atoms with E-state index in [4.69, 9.17) is 4.74 Å². The Hall–Kier alpha value is -2.49. The first-order chi connectivity index (χ1) is 13.2. The Balaban J connectivity index is 1.97. The van der Waals surface area contributed by atoms with E-state index in [0.717, 1.165) is 29.5 Å². The summed E-state index contributed by atoms with van der Waals surface area (Å²) in [6, 6.07) is 13.3. The number of unbranched alkanes of at least 4 members (excludes halogenated alkanes) is 5. The second kappa shape index (κ2) is 11.3. The van der Waals surface area contributed by atoms with Crippen molar-refractivity contribution in [2.75, 3.05) is 7.11 Å². The van der Waals surface area contributed by atoms with Gasteiger partial charge in [-0.1, -0.05) is 69.4 Å². The lowest BCUT2D eigenvalue weighted by Gasteiger charge is -2.14. The van der Waals surface area contributed by atoms with Crippen LogP contribution in [-0.2, 0) is 11.3 Å². The van der Waals surface area contributed by atoms with Crippen molar-refractivity contribution in [3.05, 3.63) is 48.0 Å². The minimum Gasteiger partial charge on any atom is -0.504 e. The third-order valence-electron chi connectivity index (χ3n) is 4.72. The van der Waals surface area contributed by atoms with Crippen molar-refractivity contribution >= 4 is 5.91 Å². The molecule has 1 amide bonds. The summed E-state index contributed by atoms with van der Waals surface area (Å²) in [5.74, 6) is 0.574. The average molecular weight is 370 g/mol. The van der Waals surface area contributed by atoms with Gasteiger partial charge in [-0.15, -0.1) is 0 Å². The molecule has 146 valence electrons. The maximum absolute atomic E-state index is 12.2. The van der Waals surface area contributed by atoms with Gasteiger partial charge in [0.05, 0.1) is 7.11 Å². The zero-order valence-corrected chi connectivity index (χ0v) is 16.5. The van der Waals surface area contributed by atoms with Crippen LogP contribution in [0.3, 0.4) is 0 Å². The molecule has 0 aliphatic rings. The van der Waals surface area contributed by atoms with Crippen LogP contribution in [0.4, 0.5) is 0 Å². The zero-order valence-electron chi connectivity index (χ0n) is 16.5. The van der Waals surface area contributed by atoms with Gasteiger partial charge in [-0.3, -0.25) is 4.79 Å². The standard InChI is InChI=1S/C23H31NO3/c1-3-4-5-6-7-11-14-23(26)24-17-19-15-22(27-2)21(25)16-20(19)18-12-9-8-10-13-18/h8-10,12-13,15-16,25H,3-7,11,14,17H2,1-2H3,(H,24,26). The first kappa shape index (κ1) is 20.8. The molecule has 0 unspecified atom stereocenters. The number of methoxy groups -OCH3 is 1. The number of phenolic OH excluding ortho intramolecular Hbond substituents is 1. The average Bonchev–Trinajstić information content (AvgIpc) is 2.70. The molecule has 4 heteroatoms. The van der Waals surface area contributed by atoms with Gasteiger partial charge < -0.3 is 15.2 Å². The number of carbonyl (C=O) groups is 1. The fourth-order valence-electron chi connectivity index (χ4n) is 3.15. The molecule has 0 heterocycles. The Bertz CT molecular complexity index is 713. The fourth-order valence-corrected chi connectivity index (χ4v) is 3.15. The maximum atomic E-state index is 12.2. The number of nitrogens with one attached hydrogen (secondary N) is 1. The van der Waals surface area contributed by atoms with Crippen molar-refractivity contribution in [2.24, 2.45) is 0 Å². The Kier molecular flexibility index (Phi) is 8.69. The van der Waals surface area contributed by atoms with E-state index >= 15 is 0 Å². The maximum Gasteiger partial charge on any atom is 0.220 e. The third-order valence-corrected chi connectivity index (χ3v) is 4.72. The van der Waals surface area contributed by atoms with E-state index in [2.05, 4.69) is 12.2 Å². The van der Waals surface area contributed by atoms with E-state index in [1.165, 1.54) is 32.8 Å². The third kappa shape index (κ3) is 6.63. The number of amides is 1. The summed E-state index contributed by atoms with van der Waals surface area (Å²) >= 11 is 0. The monoisotopic (exact) mass is 369 g/mol. The largest absolute Gasteiger partial charge is 0.504 e. The minimum absolute atomic E-state index is 0.0662. The van der Waals surface area contributed by atoms with Gasteiger partial charge in [0.2, 0.25) is 5.91 Å². The summed E-state index contributed by atoms with van der Waals surface area (Å²) in [6.45, 7) is 2.62. The predicted molar refractivity (Wildman–Crippen MR) is 110 cm³/mol. The summed E-state index contributed by atoms with van der Waals surface area (Å²) in [4.78, 5) is 12.2. The molecule has 27 heavy (non-hydrogen) atoms. The number of aromatic hydroxyl groups is 1. The Morgan fingerprint density at radius 2 is 1.74 bits per heavy atom. The van der Waals surface area contributed by atoms with E-state index in [9.17, 15) is 9.90 Å². The Morgan fingerprint density at radius 3 is 2.44 bits per heavy atom. The van der Waals surface area contributed by atoms with Crippen molar-refractivity contribution < 1.29 is 14.6 Å². The lowest BCUT2D eigenvalue weighted by Crippen LogP contribution is -2.22. The van der Waals surface area contributed by atoms with Gasteiger partial charge in [-0.05, 0) is 35.2 Å². The number of ether oxygens (including phenoxy) is 1. The number of rotatable bonds is 11. The van der Waals surface area contributed by atoms with E-state index < -0.39 is 0 Å². The highest BCUT2D eigenvalue weighted by Gasteiger charge is 2.12. The molecule has 0 fully saturated rings. The molecular weight excluding hydrogens is 338 g/mol. The van der Waals surface area contributed by atoms with Gasteiger partial charge in [-0.2, -0.15) is 0 Å². The summed E-state index contributed by atoms with van der Waals surface area (Å²) in [6.07, 6.45) is 7.56. The Labute approximate surface area is 162 Å². The lowest BCUT2D eigenvalue weighted by molar-refractivity contribution is -0.121.